The largest absolute Gasteiger partial charge is 0.472 e. The van der Waals surface area contributed by atoms with Crippen LogP contribution in [0.5, 0.6) is 0 Å². The highest BCUT2D eigenvalue weighted by Gasteiger charge is 2.26. The maximum atomic E-state index is 12.7. The Hall–Kier alpha value is -3.07. The van der Waals surface area contributed by atoms with Gasteiger partial charge < -0.3 is 20.1 Å². The Morgan fingerprint density at radius 2 is 0.753 bits per heavy atom. The molecule has 0 spiro atoms. The summed E-state index contributed by atoms with van der Waals surface area (Å²) in [7, 11) is -4.39. The van der Waals surface area contributed by atoms with Crippen LogP contribution in [-0.4, -0.2) is 49.3 Å². The van der Waals surface area contributed by atoms with Crippen LogP contribution in [0.4, 0.5) is 0 Å². The van der Waals surface area contributed by atoms with Crippen molar-refractivity contribution in [2.24, 2.45) is 5.73 Å². The minimum Gasteiger partial charge on any atom is -0.462 e. The fourth-order valence-corrected chi connectivity index (χ4v) is 8.89. The number of ether oxygens (including phenoxy) is 2. The molecule has 0 rings (SSSR count). The highest BCUT2D eigenvalue weighted by atomic mass is 31.2. The molecule has 0 aliphatic heterocycles. The van der Waals surface area contributed by atoms with E-state index in [1.165, 1.54) is 135 Å². The zero-order valence-electron chi connectivity index (χ0n) is 46.8. The fourth-order valence-electron chi connectivity index (χ4n) is 8.12. The summed E-state index contributed by atoms with van der Waals surface area (Å²) in [5, 5.41) is 0. The molecule has 73 heavy (non-hydrogen) atoms. The number of carbonyl (C=O) groups is 2. The molecule has 2 atom stereocenters. The van der Waals surface area contributed by atoms with Crippen molar-refractivity contribution in [2.45, 2.75) is 264 Å². The number of esters is 2. The maximum absolute atomic E-state index is 12.7. The molecule has 0 radical (unpaired) electrons. The number of allylic oxidation sites excluding steroid dienone is 16. The van der Waals surface area contributed by atoms with Gasteiger partial charge in [-0.3, -0.25) is 18.6 Å². The van der Waals surface area contributed by atoms with E-state index in [-0.39, 0.29) is 38.6 Å². The molecule has 0 heterocycles. The van der Waals surface area contributed by atoms with E-state index in [9.17, 15) is 19.0 Å². The van der Waals surface area contributed by atoms with E-state index in [0.717, 1.165) is 89.9 Å². The van der Waals surface area contributed by atoms with E-state index in [0.29, 0.717) is 6.42 Å². The smallest absolute Gasteiger partial charge is 0.462 e. The lowest BCUT2D eigenvalue weighted by molar-refractivity contribution is -0.161. The van der Waals surface area contributed by atoms with Gasteiger partial charge in [0.2, 0.25) is 0 Å². The molecule has 0 amide bonds. The average molecular weight is 1040 g/mol. The van der Waals surface area contributed by atoms with Crippen molar-refractivity contribution in [1.82, 2.24) is 0 Å². The quantitative estimate of drug-likeness (QED) is 0.0264. The van der Waals surface area contributed by atoms with Crippen molar-refractivity contribution in [1.29, 1.82) is 0 Å². The van der Waals surface area contributed by atoms with Crippen LogP contribution in [0.3, 0.4) is 0 Å². The molecule has 0 bridgehead atoms. The molecule has 0 saturated carbocycles. The maximum Gasteiger partial charge on any atom is 0.472 e. The summed E-state index contributed by atoms with van der Waals surface area (Å²) in [6, 6.07) is 0. The van der Waals surface area contributed by atoms with Crippen LogP contribution in [-0.2, 0) is 32.7 Å². The number of hydrogen-bond donors (Lipinski definition) is 2. The van der Waals surface area contributed by atoms with Gasteiger partial charge in [0.1, 0.15) is 6.61 Å². The first-order chi connectivity index (χ1) is 35.8. The summed E-state index contributed by atoms with van der Waals surface area (Å²) in [5.74, 6) is -0.824. The molecule has 0 saturated heterocycles. The first-order valence-corrected chi connectivity index (χ1v) is 31.2. The summed E-state index contributed by atoms with van der Waals surface area (Å²) in [5.41, 5.74) is 5.37. The molecule has 0 aromatic heterocycles. The number of nitrogens with two attached hydrogens (primary N) is 1. The predicted molar refractivity (Wildman–Crippen MR) is 312 cm³/mol. The van der Waals surface area contributed by atoms with Crippen LogP contribution in [0.15, 0.2) is 97.2 Å². The molecule has 420 valence electrons. The zero-order valence-corrected chi connectivity index (χ0v) is 47.7. The Labute approximate surface area is 448 Å². The van der Waals surface area contributed by atoms with E-state index in [1.54, 1.807) is 0 Å². The monoisotopic (exact) mass is 1040 g/mol. The number of phosphoric ester groups is 1. The fraction of sp³-hybridized carbons (Fsp3) is 0.714. The van der Waals surface area contributed by atoms with Crippen LogP contribution in [0, 0.1) is 0 Å². The molecule has 0 aromatic carbocycles. The Morgan fingerprint density at radius 1 is 0.425 bits per heavy atom. The summed E-state index contributed by atoms with van der Waals surface area (Å²) in [6.07, 6.45) is 77.6. The SMILES string of the molecule is CC/C=C\C/C=C\C/C=C\C/C=C\C/C=C\C/C=C\C/C=C\C/C=C\CCCCCCCCCCCCCCCCC(=O)OC(COC(=O)CCCCCCCCCCCCCCC)COP(=O)(O)OCCN. The molecule has 0 aliphatic carbocycles. The third-order valence-corrected chi connectivity index (χ3v) is 13.5. The highest BCUT2D eigenvalue weighted by Crippen LogP contribution is 2.43. The number of carbonyl (C=O) groups excluding carboxylic acids is 2. The Balaban J connectivity index is 3.87. The number of unbranched alkanes of at least 4 members (excludes halogenated alkanes) is 26. The van der Waals surface area contributed by atoms with Crippen LogP contribution in [0.2, 0.25) is 0 Å². The minimum absolute atomic E-state index is 0.0519. The Morgan fingerprint density at radius 3 is 1.12 bits per heavy atom. The van der Waals surface area contributed by atoms with Crippen molar-refractivity contribution in [3.63, 3.8) is 0 Å². The molecule has 0 fully saturated rings. The van der Waals surface area contributed by atoms with E-state index < -0.39 is 26.5 Å². The number of rotatable bonds is 55. The van der Waals surface area contributed by atoms with Crippen LogP contribution >= 0.6 is 7.82 Å². The van der Waals surface area contributed by atoms with E-state index in [2.05, 4.69) is 111 Å². The van der Waals surface area contributed by atoms with Gasteiger partial charge in [-0.05, 0) is 77.0 Å². The van der Waals surface area contributed by atoms with Crippen molar-refractivity contribution < 1.29 is 37.6 Å². The number of phosphoric acid groups is 1. The molecular weight excluding hydrogens is 930 g/mol. The topological polar surface area (TPSA) is 134 Å². The van der Waals surface area contributed by atoms with Gasteiger partial charge in [-0.1, -0.05) is 265 Å². The van der Waals surface area contributed by atoms with E-state index in [1.807, 2.05) is 0 Å². The second-order valence-electron chi connectivity index (χ2n) is 19.5. The van der Waals surface area contributed by atoms with Gasteiger partial charge in [0, 0.05) is 19.4 Å². The molecule has 10 heteroatoms. The zero-order chi connectivity index (χ0) is 53.1. The molecule has 0 aliphatic rings. The molecule has 9 nitrogen and oxygen atoms in total. The minimum atomic E-state index is -4.39. The Kier molecular flexibility index (Phi) is 55.7. The van der Waals surface area contributed by atoms with E-state index >= 15 is 0 Å². The van der Waals surface area contributed by atoms with Crippen molar-refractivity contribution in [3.8, 4) is 0 Å². The van der Waals surface area contributed by atoms with Gasteiger partial charge in [0.05, 0.1) is 13.2 Å². The van der Waals surface area contributed by atoms with Crippen molar-refractivity contribution >= 4 is 19.8 Å². The van der Waals surface area contributed by atoms with Gasteiger partial charge in [0.25, 0.3) is 0 Å². The molecular formula is C63H110NO8P. The van der Waals surface area contributed by atoms with E-state index in [4.69, 9.17) is 24.3 Å². The second-order valence-corrected chi connectivity index (χ2v) is 20.9. The first-order valence-electron chi connectivity index (χ1n) is 29.7. The standard InChI is InChI=1S/C63H110NO8P/c1-3-5-7-9-11-13-15-17-18-19-20-21-22-23-24-25-26-27-28-29-30-31-32-33-34-35-36-37-38-39-40-41-42-44-46-48-50-52-54-56-63(66)72-61(60-71-73(67,68)70-58-57-64)59-69-62(65)55-53-51-49-47-45-43-16-14-12-10-8-6-4-2/h5,7,11,13,17-18,20-21,23-24,26-27,29-30,32-33,61H,3-4,6,8-10,12,14-16,19,22,25,28,31,34-60,64H2,1-2H3,(H,67,68)/b7-5-,13-11-,18-17-,21-20-,24-23-,27-26-,30-29-,33-32-. The summed E-state index contributed by atoms with van der Waals surface area (Å²) in [4.78, 5) is 35.1. The van der Waals surface area contributed by atoms with Crippen molar-refractivity contribution in [2.75, 3.05) is 26.4 Å². The van der Waals surface area contributed by atoms with Gasteiger partial charge in [-0.25, -0.2) is 4.57 Å². The summed E-state index contributed by atoms with van der Waals surface area (Å²) in [6.45, 7) is 3.64. The third kappa shape index (κ3) is 58.1. The third-order valence-electron chi connectivity index (χ3n) is 12.5. The molecule has 0 aromatic rings. The average Bonchev–Trinajstić information content (AvgIpc) is 3.38. The van der Waals surface area contributed by atoms with Crippen LogP contribution in [0.1, 0.15) is 258 Å². The Bertz CT molecular complexity index is 1510. The lowest BCUT2D eigenvalue weighted by atomic mass is 10.0. The van der Waals surface area contributed by atoms with Crippen LogP contribution < -0.4 is 5.73 Å². The van der Waals surface area contributed by atoms with Gasteiger partial charge >= 0.3 is 19.8 Å². The molecule has 2 unspecified atom stereocenters. The summed E-state index contributed by atoms with van der Waals surface area (Å²) < 4.78 is 33.0. The van der Waals surface area contributed by atoms with Crippen LogP contribution in [0.25, 0.3) is 0 Å². The first kappa shape index (κ1) is 69.9. The van der Waals surface area contributed by atoms with Gasteiger partial charge in [0.15, 0.2) is 6.10 Å². The van der Waals surface area contributed by atoms with Gasteiger partial charge in [-0.15, -0.1) is 0 Å². The highest BCUT2D eigenvalue weighted by molar-refractivity contribution is 7.47. The lowest BCUT2D eigenvalue weighted by Crippen LogP contribution is -2.29. The van der Waals surface area contributed by atoms with Crippen molar-refractivity contribution in [3.05, 3.63) is 97.2 Å². The molecule has 3 N–H and O–H groups in total. The van der Waals surface area contributed by atoms with Gasteiger partial charge in [-0.2, -0.15) is 0 Å². The lowest BCUT2D eigenvalue weighted by Gasteiger charge is -2.19. The number of hydrogen-bond acceptors (Lipinski definition) is 8. The second kappa shape index (κ2) is 58.2. The normalized spacial score (nSPS) is 13.8. The predicted octanol–water partition coefficient (Wildman–Crippen LogP) is 18.8. The summed E-state index contributed by atoms with van der Waals surface area (Å²) >= 11 is 0.